The molecule has 1 aromatic carbocycles. The van der Waals surface area contributed by atoms with Gasteiger partial charge in [-0.2, -0.15) is 0 Å². The highest BCUT2D eigenvalue weighted by atomic mass is 16.5. The third kappa shape index (κ3) is 2.13. The maximum absolute atomic E-state index is 10.0. The zero-order chi connectivity index (χ0) is 12.5. The largest absolute Gasteiger partial charge is 0.486 e. The number of aliphatic hydroxyl groups is 1. The number of hydrogen-bond donors (Lipinski definition) is 1. The Balaban J connectivity index is 1.75. The minimum atomic E-state index is -0.359. The van der Waals surface area contributed by atoms with Crippen LogP contribution in [0.3, 0.4) is 0 Å². The summed E-state index contributed by atoms with van der Waals surface area (Å²) in [6.45, 7) is 4.66. The summed E-state index contributed by atoms with van der Waals surface area (Å²) in [4.78, 5) is 2.23. The highest BCUT2D eigenvalue weighted by molar-refractivity contribution is 5.43. The molecule has 1 aliphatic carbocycles. The second-order valence-corrected chi connectivity index (χ2v) is 5.32. The van der Waals surface area contributed by atoms with Gasteiger partial charge in [0.15, 0.2) is 0 Å². The van der Waals surface area contributed by atoms with Gasteiger partial charge in [-0.3, -0.25) is 4.90 Å². The molecule has 1 N–H and O–H groups in total. The van der Waals surface area contributed by atoms with Crippen molar-refractivity contribution in [3.8, 4) is 5.75 Å². The molecule has 0 saturated carbocycles. The summed E-state index contributed by atoms with van der Waals surface area (Å²) in [7, 11) is 0. The number of β-amino-alcohol motifs (C(OH)–C–C–N with tert-alkyl or cyclic N) is 1. The zero-order valence-electron chi connectivity index (χ0n) is 10.9. The molecule has 1 saturated heterocycles. The van der Waals surface area contributed by atoms with Crippen LogP contribution in [0.4, 0.5) is 0 Å². The van der Waals surface area contributed by atoms with Crippen LogP contribution in [0.25, 0.3) is 0 Å². The van der Waals surface area contributed by atoms with E-state index in [2.05, 4.69) is 24.0 Å². The van der Waals surface area contributed by atoms with Crippen LogP contribution in [0.2, 0.25) is 0 Å². The number of aliphatic hydroxyl groups excluding tert-OH is 1. The maximum atomic E-state index is 10.0. The van der Waals surface area contributed by atoms with Crippen molar-refractivity contribution in [2.45, 2.75) is 38.4 Å². The molecular formula is C15H21NO2. The molecule has 3 heteroatoms. The predicted molar refractivity (Wildman–Crippen MR) is 71.0 cm³/mol. The first-order valence-corrected chi connectivity index (χ1v) is 6.95. The predicted octanol–water partition coefficient (Wildman–Crippen LogP) is 1.62. The van der Waals surface area contributed by atoms with Gasteiger partial charge in [0.2, 0.25) is 0 Å². The Morgan fingerprint density at radius 2 is 2.22 bits per heavy atom. The van der Waals surface area contributed by atoms with Crippen molar-refractivity contribution < 1.29 is 9.84 Å². The van der Waals surface area contributed by atoms with Gasteiger partial charge in [0.25, 0.3) is 0 Å². The molecule has 2 aliphatic rings. The van der Waals surface area contributed by atoms with Crippen molar-refractivity contribution >= 4 is 0 Å². The smallest absolute Gasteiger partial charge is 0.138 e. The highest BCUT2D eigenvalue weighted by Gasteiger charge is 2.32. The van der Waals surface area contributed by atoms with E-state index < -0.39 is 0 Å². The van der Waals surface area contributed by atoms with Gasteiger partial charge in [-0.05, 0) is 43.0 Å². The van der Waals surface area contributed by atoms with Crippen molar-refractivity contribution in [3.63, 3.8) is 0 Å². The van der Waals surface area contributed by atoms with Gasteiger partial charge in [-0.25, -0.2) is 0 Å². The van der Waals surface area contributed by atoms with E-state index in [0.29, 0.717) is 0 Å². The quantitative estimate of drug-likeness (QED) is 0.881. The molecule has 1 heterocycles. The molecule has 2 atom stereocenters. The van der Waals surface area contributed by atoms with Gasteiger partial charge in [-0.15, -0.1) is 0 Å². The number of aryl methyl sites for hydroxylation is 1. The topological polar surface area (TPSA) is 32.7 Å². The van der Waals surface area contributed by atoms with E-state index in [4.69, 9.17) is 4.74 Å². The van der Waals surface area contributed by atoms with Gasteiger partial charge in [0.05, 0.1) is 0 Å². The summed E-state index contributed by atoms with van der Waals surface area (Å²) in [5.74, 6) is 0.993. The first-order chi connectivity index (χ1) is 8.78. The number of likely N-dealkylation sites (tertiary alicyclic amines) is 1. The number of likely N-dealkylation sites (N-methyl/N-ethyl adjacent to an activating group) is 1. The van der Waals surface area contributed by atoms with E-state index >= 15 is 0 Å². The van der Waals surface area contributed by atoms with E-state index in [0.717, 1.165) is 31.8 Å². The number of hydrogen-bond acceptors (Lipinski definition) is 3. The summed E-state index contributed by atoms with van der Waals surface area (Å²) in [5, 5.41) is 10.0. The van der Waals surface area contributed by atoms with Crippen LogP contribution < -0.4 is 4.74 Å². The van der Waals surface area contributed by atoms with E-state index in [9.17, 15) is 5.11 Å². The molecule has 0 unspecified atom stereocenters. The minimum Gasteiger partial charge on any atom is -0.486 e. The fraction of sp³-hybridized carbons (Fsp3) is 0.600. The molecule has 98 valence electrons. The number of fused-ring (bicyclic) bond motifs is 1. The maximum Gasteiger partial charge on any atom is 0.138 e. The van der Waals surface area contributed by atoms with Crippen molar-refractivity contribution in [1.29, 1.82) is 0 Å². The lowest BCUT2D eigenvalue weighted by molar-refractivity contribution is 0.0731. The molecule has 1 aromatic rings. The van der Waals surface area contributed by atoms with E-state index in [1.54, 1.807) is 0 Å². The number of nitrogens with zero attached hydrogens (tertiary/aromatic N) is 1. The van der Waals surface area contributed by atoms with Gasteiger partial charge in [0.1, 0.15) is 18.0 Å². The Morgan fingerprint density at radius 3 is 3.00 bits per heavy atom. The van der Waals surface area contributed by atoms with Gasteiger partial charge < -0.3 is 9.84 Å². The molecule has 1 fully saturated rings. The number of benzene rings is 1. The highest BCUT2D eigenvalue weighted by Crippen LogP contribution is 2.32. The molecule has 0 amide bonds. The normalized spacial score (nSPS) is 27.4. The molecule has 0 bridgehead atoms. The molecule has 0 radical (unpaired) electrons. The molecule has 3 nitrogen and oxygen atoms in total. The van der Waals surface area contributed by atoms with Gasteiger partial charge in [0, 0.05) is 13.1 Å². The van der Waals surface area contributed by atoms with E-state index in [-0.39, 0.29) is 12.2 Å². The van der Waals surface area contributed by atoms with Crippen LogP contribution in [-0.2, 0) is 12.8 Å². The Hall–Kier alpha value is -1.06. The lowest BCUT2D eigenvalue weighted by Gasteiger charge is -2.19. The van der Waals surface area contributed by atoms with Crippen LogP contribution in [-0.4, -0.2) is 41.8 Å². The molecule has 18 heavy (non-hydrogen) atoms. The average Bonchev–Trinajstić information content (AvgIpc) is 2.97. The average molecular weight is 247 g/mol. The minimum absolute atomic E-state index is 0.0722. The van der Waals surface area contributed by atoms with Crippen LogP contribution in [0.1, 0.15) is 24.5 Å². The van der Waals surface area contributed by atoms with Crippen molar-refractivity contribution in [2.24, 2.45) is 0 Å². The lowest BCUT2D eigenvalue weighted by Crippen LogP contribution is -2.30. The molecule has 0 spiro atoms. The monoisotopic (exact) mass is 247 g/mol. The van der Waals surface area contributed by atoms with E-state index in [1.807, 2.05) is 6.07 Å². The van der Waals surface area contributed by atoms with Gasteiger partial charge >= 0.3 is 0 Å². The second kappa shape index (κ2) is 4.90. The van der Waals surface area contributed by atoms with Crippen LogP contribution >= 0.6 is 0 Å². The summed E-state index contributed by atoms with van der Waals surface area (Å²) >= 11 is 0. The molecule has 3 rings (SSSR count). The summed E-state index contributed by atoms with van der Waals surface area (Å²) < 4.78 is 6.07. The number of ether oxygens (including phenoxy) is 1. The molecule has 1 aliphatic heterocycles. The Bertz CT molecular complexity index is 433. The van der Waals surface area contributed by atoms with E-state index in [1.165, 1.54) is 24.0 Å². The first kappa shape index (κ1) is 12.0. The Kier molecular flexibility index (Phi) is 3.27. The Morgan fingerprint density at radius 1 is 1.33 bits per heavy atom. The van der Waals surface area contributed by atoms with Crippen molar-refractivity contribution in [1.82, 2.24) is 4.90 Å². The number of rotatable bonds is 3. The third-order valence-electron chi connectivity index (χ3n) is 4.14. The van der Waals surface area contributed by atoms with Crippen LogP contribution in [0.5, 0.6) is 5.75 Å². The standard InChI is InChI=1S/C15H21NO2/c1-2-16-9-13(17)15(10-16)18-14-8-4-6-11-5-3-7-12(11)14/h4,6,8,13,15,17H,2-3,5,7,9-10H2,1H3/t13-,15-/m0/s1. The van der Waals surface area contributed by atoms with Crippen molar-refractivity contribution in [2.75, 3.05) is 19.6 Å². The fourth-order valence-electron chi connectivity index (χ4n) is 3.06. The first-order valence-electron chi connectivity index (χ1n) is 6.95. The zero-order valence-corrected chi connectivity index (χ0v) is 10.9. The van der Waals surface area contributed by atoms with Crippen molar-refractivity contribution in [3.05, 3.63) is 29.3 Å². The SMILES string of the molecule is CCN1C[C@H](Oc2cccc3c2CCC3)[C@@H](O)C1. The van der Waals surface area contributed by atoms with Crippen LogP contribution in [0, 0.1) is 0 Å². The molecule has 0 aromatic heterocycles. The Labute approximate surface area is 108 Å². The summed E-state index contributed by atoms with van der Waals surface area (Å²) in [5.41, 5.74) is 2.78. The van der Waals surface area contributed by atoms with Gasteiger partial charge in [-0.1, -0.05) is 19.1 Å². The summed E-state index contributed by atoms with van der Waals surface area (Å²) in [6.07, 6.45) is 3.08. The third-order valence-corrected chi connectivity index (χ3v) is 4.14. The van der Waals surface area contributed by atoms with Crippen LogP contribution in [0.15, 0.2) is 18.2 Å². The lowest BCUT2D eigenvalue weighted by atomic mass is 10.1. The summed E-state index contributed by atoms with van der Waals surface area (Å²) in [6, 6.07) is 6.31. The second-order valence-electron chi connectivity index (χ2n) is 5.32. The molecular weight excluding hydrogens is 226 g/mol. The fourth-order valence-corrected chi connectivity index (χ4v) is 3.06.